The van der Waals surface area contributed by atoms with Crippen molar-refractivity contribution in [1.29, 1.82) is 0 Å². The monoisotopic (exact) mass is 242 g/mol. The molecule has 2 rings (SSSR count). The van der Waals surface area contributed by atoms with Crippen LogP contribution in [0.5, 0.6) is 0 Å². The Morgan fingerprint density at radius 2 is 1.56 bits per heavy atom. The summed E-state index contributed by atoms with van der Waals surface area (Å²) >= 11 is 0. The van der Waals surface area contributed by atoms with Crippen LogP contribution in [0, 0.1) is 0 Å². The number of ether oxygens (including phenoxy) is 2. The summed E-state index contributed by atoms with van der Waals surface area (Å²) in [4.78, 5) is 0. The third-order valence-corrected chi connectivity index (χ3v) is 2.79. The number of hydrogen-bond acceptors (Lipinski definition) is 2. The second kappa shape index (κ2) is 6.94. The molecule has 0 saturated heterocycles. The number of hydrogen-bond donors (Lipinski definition) is 0. The Bertz CT molecular complexity index is 466. The highest BCUT2D eigenvalue weighted by atomic mass is 16.5. The minimum atomic E-state index is 0.619. The van der Waals surface area contributed by atoms with Crippen molar-refractivity contribution in [3.63, 3.8) is 0 Å². The van der Waals surface area contributed by atoms with Crippen LogP contribution >= 0.6 is 0 Å². The first-order chi connectivity index (χ1) is 8.92. The Balaban J connectivity index is 2.11. The molecule has 0 aliphatic carbocycles. The van der Waals surface area contributed by atoms with Crippen LogP contribution in [0.3, 0.4) is 0 Å². The van der Waals surface area contributed by atoms with E-state index in [9.17, 15) is 0 Å². The third-order valence-electron chi connectivity index (χ3n) is 2.79. The molecule has 0 aliphatic rings. The summed E-state index contributed by atoms with van der Waals surface area (Å²) in [5.74, 6) is 0. The second-order valence-corrected chi connectivity index (χ2v) is 4.07. The van der Waals surface area contributed by atoms with Crippen LogP contribution in [0.4, 0.5) is 0 Å². The predicted molar refractivity (Wildman–Crippen MR) is 73.4 cm³/mol. The first-order valence-corrected chi connectivity index (χ1v) is 6.12. The zero-order valence-corrected chi connectivity index (χ0v) is 10.6. The summed E-state index contributed by atoms with van der Waals surface area (Å²) in [6.45, 7) is 1.88. The Morgan fingerprint density at radius 3 is 2.33 bits per heavy atom. The SMILES string of the molecule is COCCOCc1ccccc1-c1ccccc1. The van der Waals surface area contributed by atoms with Gasteiger partial charge in [0.25, 0.3) is 0 Å². The molecule has 94 valence electrons. The molecule has 0 atom stereocenters. The first-order valence-electron chi connectivity index (χ1n) is 6.12. The van der Waals surface area contributed by atoms with Gasteiger partial charge in [-0.05, 0) is 16.7 Å². The largest absolute Gasteiger partial charge is 0.382 e. The van der Waals surface area contributed by atoms with E-state index >= 15 is 0 Å². The zero-order valence-electron chi connectivity index (χ0n) is 10.6. The molecule has 0 radical (unpaired) electrons. The average Bonchev–Trinajstić information content (AvgIpc) is 2.45. The molecule has 0 saturated carbocycles. The molecule has 0 bridgehead atoms. The molecule has 2 nitrogen and oxygen atoms in total. The van der Waals surface area contributed by atoms with Crippen LogP contribution in [-0.2, 0) is 16.1 Å². The molecule has 18 heavy (non-hydrogen) atoms. The number of methoxy groups -OCH3 is 1. The van der Waals surface area contributed by atoms with Gasteiger partial charge in [0.15, 0.2) is 0 Å². The lowest BCUT2D eigenvalue weighted by atomic mass is 10.0. The van der Waals surface area contributed by atoms with E-state index in [2.05, 4.69) is 42.5 Å². The Kier molecular flexibility index (Phi) is 4.94. The Morgan fingerprint density at radius 1 is 0.833 bits per heavy atom. The van der Waals surface area contributed by atoms with Gasteiger partial charge in [0, 0.05) is 7.11 Å². The third kappa shape index (κ3) is 3.42. The Labute approximate surface area is 108 Å². The zero-order chi connectivity index (χ0) is 12.6. The maximum atomic E-state index is 5.60. The topological polar surface area (TPSA) is 18.5 Å². The standard InChI is InChI=1S/C16H18O2/c1-17-11-12-18-13-15-9-5-6-10-16(15)14-7-3-2-4-8-14/h2-10H,11-13H2,1H3. The van der Waals surface area contributed by atoms with Crippen molar-refractivity contribution in [2.45, 2.75) is 6.61 Å². The fraction of sp³-hybridized carbons (Fsp3) is 0.250. The molecule has 2 aromatic rings. The lowest BCUT2D eigenvalue weighted by Gasteiger charge is -2.10. The molecule has 0 aromatic heterocycles. The lowest BCUT2D eigenvalue weighted by Crippen LogP contribution is -2.02. The van der Waals surface area contributed by atoms with Gasteiger partial charge in [-0.1, -0.05) is 54.6 Å². The fourth-order valence-corrected chi connectivity index (χ4v) is 1.87. The molecule has 0 N–H and O–H groups in total. The van der Waals surface area contributed by atoms with Gasteiger partial charge in [-0.15, -0.1) is 0 Å². The first kappa shape index (κ1) is 12.8. The van der Waals surface area contributed by atoms with E-state index in [1.807, 2.05) is 12.1 Å². The number of rotatable bonds is 6. The van der Waals surface area contributed by atoms with E-state index in [4.69, 9.17) is 9.47 Å². The summed E-state index contributed by atoms with van der Waals surface area (Å²) in [6, 6.07) is 18.7. The summed E-state index contributed by atoms with van der Waals surface area (Å²) in [6.07, 6.45) is 0. The second-order valence-electron chi connectivity index (χ2n) is 4.07. The van der Waals surface area contributed by atoms with Crippen molar-refractivity contribution in [3.8, 4) is 11.1 Å². The average molecular weight is 242 g/mol. The number of benzene rings is 2. The van der Waals surface area contributed by atoms with Crippen molar-refractivity contribution in [2.75, 3.05) is 20.3 Å². The van der Waals surface area contributed by atoms with Crippen molar-refractivity contribution in [3.05, 3.63) is 60.2 Å². The van der Waals surface area contributed by atoms with Crippen molar-refractivity contribution in [1.82, 2.24) is 0 Å². The van der Waals surface area contributed by atoms with Gasteiger partial charge in [-0.25, -0.2) is 0 Å². The summed E-state index contributed by atoms with van der Waals surface area (Å²) < 4.78 is 10.6. The summed E-state index contributed by atoms with van der Waals surface area (Å²) in [5, 5.41) is 0. The molecule has 0 aliphatic heterocycles. The van der Waals surface area contributed by atoms with Crippen LogP contribution < -0.4 is 0 Å². The fourth-order valence-electron chi connectivity index (χ4n) is 1.87. The van der Waals surface area contributed by atoms with Gasteiger partial charge in [-0.2, -0.15) is 0 Å². The van der Waals surface area contributed by atoms with Crippen LogP contribution in [0.1, 0.15) is 5.56 Å². The van der Waals surface area contributed by atoms with Gasteiger partial charge in [0.1, 0.15) is 0 Å². The van der Waals surface area contributed by atoms with E-state index in [0.29, 0.717) is 19.8 Å². The van der Waals surface area contributed by atoms with Gasteiger partial charge in [-0.3, -0.25) is 0 Å². The Hall–Kier alpha value is -1.64. The summed E-state index contributed by atoms with van der Waals surface area (Å²) in [5.41, 5.74) is 3.67. The van der Waals surface area contributed by atoms with Crippen LogP contribution in [0.25, 0.3) is 11.1 Å². The van der Waals surface area contributed by atoms with Crippen molar-refractivity contribution >= 4 is 0 Å². The van der Waals surface area contributed by atoms with Gasteiger partial charge >= 0.3 is 0 Å². The molecular weight excluding hydrogens is 224 g/mol. The van der Waals surface area contributed by atoms with E-state index < -0.39 is 0 Å². The van der Waals surface area contributed by atoms with Gasteiger partial charge in [0.2, 0.25) is 0 Å². The molecule has 0 spiro atoms. The highest BCUT2D eigenvalue weighted by Crippen LogP contribution is 2.23. The maximum Gasteiger partial charge on any atom is 0.0724 e. The van der Waals surface area contributed by atoms with Gasteiger partial charge in [0.05, 0.1) is 19.8 Å². The summed E-state index contributed by atoms with van der Waals surface area (Å²) in [7, 11) is 1.68. The minimum Gasteiger partial charge on any atom is -0.382 e. The molecule has 2 heteroatoms. The van der Waals surface area contributed by atoms with E-state index in [1.165, 1.54) is 16.7 Å². The van der Waals surface area contributed by atoms with Crippen molar-refractivity contribution < 1.29 is 9.47 Å². The highest BCUT2D eigenvalue weighted by molar-refractivity contribution is 5.66. The maximum absolute atomic E-state index is 5.60. The van der Waals surface area contributed by atoms with E-state index in [1.54, 1.807) is 7.11 Å². The molecule has 0 unspecified atom stereocenters. The van der Waals surface area contributed by atoms with Crippen molar-refractivity contribution in [2.24, 2.45) is 0 Å². The molecule has 2 aromatic carbocycles. The smallest absolute Gasteiger partial charge is 0.0724 e. The predicted octanol–water partition coefficient (Wildman–Crippen LogP) is 3.52. The van der Waals surface area contributed by atoms with Crippen LogP contribution in [0.15, 0.2) is 54.6 Å². The molecule has 0 fully saturated rings. The molecule has 0 heterocycles. The normalized spacial score (nSPS) is 10.5. The minimum absolute atomic E-state index is 0.619. The van der Waals surface area contributed by atoms with Gasteiger partial charge < -0.3 is 9.47 Å². The van der Waals surface area contributed by atoms with E-state index in [0.717, 1.165) is 0 Å². The molecular formula is C16H18O2. The highest BCUT2D eigenvalue weighted by Gasteiger charge is 2.03. The van der Waals surface area contributed by atoms with Crippen LogP contribution in [-0.4, -0.2) is 20.3 Å². The van der Waals surface area contributed by atoms with E-state index in [-0.39, 0.29) is 0 Å². The quantitative estimate of drug-likeness (QED) is 0.722. The van der Waals surface area contributed by atoms with Crippen LogP contribution in [0.2, 0.25) is 0 Å². The lowest BCUT2D eigenvalue weighted by molar-refractivity contribution is 0.0618. The molecule has 0 amide bonds.